The van der Waals surface area contributed by atoms with E-state index in [1.807, 2.05) is 0 Å². The minimum Gasteiger partial charge on any atom is -0.462 e. The molecule has 2 bridgehead atoms. The molecule has 3 fully saturated rings. The Morgan fingerprint density at radius 3 is 1.93 bits per heavy atom. The van der Waals surface area contributed by atoms with Crippen molar-refractivity contribution in [1.82, 2.24) is 9.80 Å². The summed E-state index contributed by atoms with van der Waals surface area (Å²) in [4.78, 5) is 28.6. The second-order valence-corrected chi connectivity index (χ2v) is 7.27. The third kappa shape index (κ3) is 11.1. The van der Waals surface area contributed by atoms with E-state index in [2.05, 4.69) is 9.80 Å². The third-order valence-electron chi connectivity index (χ3n) is 5.01. The Morgan fingerprint density at radius 2 is 1.21 bits per heavy atom. The van der Waals surface area contributed by atoms with Crippen LogP contribution in [0.5, 0.6) is 0 Å². The fraction of sp³-hybridized carbons (Fsp3) is 0.900. The first-order valence-electron chi connectivity index (χ1n) is 10.6. The van der Waals surface area contributed by atoms with Gasteiger partial charge in [-0.25, -0.2) is 0 Å². The number of rotatable bonds is 0. The molecule has 0 aromatic rings. The molecular formula is C20H36N2O6. The molecule has 2 unspecified atom stereocenters. The Morgan fingerprint density at radius 1 is 0.571 bits per heavy atom. The molecule has 3 heterocycles. The molecule has 8 nitrogen and oxygen atoms in total. The second kappa shape index (κ2) is 14.9. The highest BCUT2D eigenvalue weighted by atomic mass is 16.6. The number of carbonyl (C=O) groups excluding carboxylic acids is 2. The molecule has 8 heteroatoms. The van der Waals surface area contributed by atoms with Crippen molar-refractivity contribution in [3.63, 3.8) is 0 Å². The minimum absolute atomic E-state index is 0.231. The molecule has 28 heavy (non-hydrogen) atoms. The number of carbonyl (C=O) groups is 2. The molecule has 0 amide bonds. The van der Waals surface area contributed by atoms with Gasteiger partial charge in [0.25, 0.3) is 0 Å². The summed E-state index contributed by atoms with van der Waals surface area (Å²) in [6, 6.07) is 0. The van der Waals surface area contributed by atoms with Crippen LogP contribution in [0.1, 0.15) is 32.1 Å². The normalized spacial score (nSPS) is 29.0. The van der Waals surface area contributed by atoms with E-state index in [-0.39, 0.29) is 19.1 Å². The third-order valence-corrected chi connectivity index (χ3v) is 5.01. The molecular weight excluding hydrogens is 364 g/mol. The van der Waals surface area contributed by atoms with Gasteiger partial charge in [0.05, 0.1) is 46.2 Å². The van der Waals surface area contributed by atoms with Crippen molar-refractivity contribution < 1.29 is 28.5 Å². The fourth-order valence-electron chi connectivity index (χ4n) is 3.30. The Labute approximate surface area is 168 Å². The summed E-state index contributed by atoms with van der Waals surface area (Å²) < 4.78 is 22.2. The monoisotopic (exact) mass is 400 g/mol. The lowest BCUT2D eigenvalue weighted by molar-refractivity contribution is -0.146. The van der Waals surface area contributed by atoms with Crippen molar-refractivity contribution in [2.75, 3.05) is 85.5 Å². The van der Waals surface area contributed by atoms with E-state index < -0.39 is 0 Å². The number of hydrogen-bond acceptors (Lipinski definition) is 8. The first kappa shape index (κ1) is 23.2. The maximum atomic E-state index is 12.2. The van der Waals surface area contributed by atoms with E-state index in [4.69, 9.17) is 18.9 Å². The summed E-state index contributed by atoms with van der Waals surface area (Å²) in [6.07, 6.45) is 4.06. The van der Waals surface area contributed by atoms with Gasteiger partial charge >= 0.3 is 5.97 Å². The van der Waals surface area contributed by atoms with Crippen LogP contribution in [0, 0.1) is 0 Å². The lowest BCUT2D eigenvalue weighted by atomic mass is 10.1. The van der Waals surface area contributed by atoms with Crippen molar-refractivity contribution in [2.45, 2.75) is 32.1 Å². The number of ether oxygens (including phenoxy) is 4. The minimum atomic E-state index is -0.231. The van der Waals surface area contributed by atoms with Gasteiger partial charge in [-0.05, 0) is 19.4 Å². The van der Waals surface area contributed by atoms with E-state index in [0.717, 1.165) is 45.4 Å². The summed E-state index contributed by atoms with van der Waals surface area (Å²) in [5.74, 6) is 0.0915. The first-order chi connectivity index (χ1) is 13.7. The lowest BCUT2D eigenvalue weighted by Gasteiger charge is -2.23. The lowest BCUT2D eigenvalue weighted by Crippen LogP contribution is -2.36. The average Bonchev–Trinajstić information content (AvgIpc) is 2.68. The summed E-state index contributed by atoms with van der Waals surface area (Å²) in [7, 11) is 0. The van der Waals surface area contributed by atoms with Crippen LogP contribution in [-0.4, -0.2) is 107 Å². The molecule has 0 saturated carbocycles. The molecule has 3 aliphatic heterocycles. The van der Waals surface area contributed by atoms with Gasteiger partial charge in [-0.15, -0.1) is 0 Å². The molecule has 0 spiro atoms. The summed E-state index contributed by atoms with van der Waals surface area (Å²) in [5.41, 5.74) is 0. The first-order valence-corrected chi connectivity index (χ1v) is 10.6. The largest absolute Gasteiger partial charge is 0.462 e. The van der Waals surface area contributed by atoms with Crippen LogP contribution >= 0.6 is 0 Å². The van der Waals surface area contributed by atoms with Crippen molar-refractivity contribution in [1.29, 1.82) is 0 Å². The van der Waals surface area contributed by atoms with E-state index >= 15 is 0 Å². The van der Waals surface area contributed by atoms with Crippen molar-refractivity contribution >= 4 is 11.8 Å². The predicted molar refractivity (Wildman–Crippen MR) is 104 cm³/mol. The standard InChI is InChI=1S/C20H36N2O6/c23-19-4-2-1-3-6-22-10-13-26-15-14-25-11-8-21(7-5-19)9-12-27-16-17-28-20(24)18-22/h1-18H2. The summed E-state index contributed by atoms with van der Waals surface area (Å²) >= 11 is 0. The second-order valence-electron chi connectivity index (χ2n) is 7.27. The highest BCUT2D eigenvalue weighted by molar-refractivity contribution is 5.78. The zero-order valence-electron chi connectivity index (χ0n) is 17.1. The molecule has 0 aromatic heterocycles. The number of hydrogen-bond donors (Lipinski definition) is 0. The Bertz CT molecular complexity index is 448. The smallest absolute Gasteiger partial charge is 0.320 e. The number of Topliss-reactive ketones (excluding diaryl/α,β-unsaturated/α-hetero) is 1. The number of esters is 1. The number of ketones is 1. The zero-order valence-corrected chi connectivity index (χ0v) is 17.1. The molecule has 0 N–H and O–H groups in total. The van der Waals surface area contributed by atoms with Gasteiger partial charge in [0, 0.05) is 39.0 Å². The highest BCUT2D eigenvalue weighted by Crippen LogP contribution is 2.06. The quantitative estimate of drug-likeness (QED) is 0.551. The Hall–Kier alpha value is -1.06. The highest BCUT2D eigenvalue weighted by Gasteiger charge is 2.14. The van der Waals surface area contributed by atoms with Gasteiger partial charge in [-0.1, -0.05) is 6.42 Å². The van der Waals surface area contributed by atoms with Gasteiger partial charge in [0.1, 0.15) is 12.4 Å². The van der Waals surface area contributed by atoms with Crippen molar-refractivity contribution in [2.24, 2.45) is 0 Å². The van der Waals surface area contributed by atoms with E-state index in [9.17, 15) is 9.59 Å². The van der Waals surface area contributed by atoms with E-state index in [1.54, 1.807) is 0 Å². The number of nitrogens with zero attached hydrogens (tertiary/aromatic N) is 2. The Balaban J connectivity index is 1.98. The zero-order chi connectivity index (χ0) is 19.9. The topological polar surface area (TPSA) is 77.5 Å². The molecule has 3 aliphatic rings. The fourth-order valence-corrected chi connectivity index (χ4v) is 3.30. The predicted octanol–water partition coefficient (Wildman–Crippen LogP) is 0.730. The summed E-state index contributed by atoms with van der Waals surface area (Å²) in [5, 5.41) is 0. The Kier molecular flexibility index (Phi) is 12.3. The molecule has 0 radical (unpaired) electrons. The SMILES string of the molecule is O=C1CCCCCN2CCOCCOCCN(CCOCCOC(=O)C2)CC1. The molecule has 3 rings (SSSR count). The molecule has 0 aliphatic carbocycles. The van der Waals surface area contributed by atoms with Crippen LogP contribution < -0.4 is 0 Å². The van der Waals surface area contributed by atoms with Gasteiger partial charge in [0.15, 0.2) is 0 Å². The maximum Gasteiger partial charge on any atom is 0.320 e. The van der Waals surface area contributed by atoms with Gasteiger partial charge in [-0.3, -0.25) is 19.4 Å². The van der Waals surface area contributed by atoms with Crippen LogP contribution in [-0.2, 0) is 28.5 Å². The van der Waals surface area contributed by atoms with Gasteiger partial charge < -0.3 is 18.9 Å². The van der Waals surface area contributed by atoms with Crippen LogP contribution in [0.2, 0.25) is 0 Å². The number of fused-ring (bicyclic) bond motifs is 21. The average molecular weight is 401 g/mol. The molecule has 2 atom stereocenters. The van der Waals surface area contributed by atoms with E-state index in [1.165, 1.54) is 0 Å². The van der Waals surface area contributed by atoms with Crippen LogP contribution in [0.3, 0.4) is 0 Å². The van der Waals surface area contributed by atoms with Crippen LogP contribution in [0.4, 0.5) is 0 Å². The van der Waals surface area contributed by atoms with Crippen molar-refractivity contribution in [3.8, 4) is 0 Å². The van der Waals surface area contributed by atoms with E-state index in [0.29, 0.717) is 64.8 Å². The van der Waals surface area contributed by atoms with Gasteiger partial charge in [0.2, 0.25) is 0 Å². The summed E-state index contributed by atoms with van der Waals surface area (Å²) in [6.45, 7) is 7.41. The van der Waals surface area contributed by atoms with Crippen LogP contribution in [0.15, 0.2) is 0 Å². The van der Waals surface area contributed by atoms with Crippen LogP contribution in [0.25, 0.3) is 0 Å². The molecule has 162 valence electrons. The maximum absolute atomic E-state index is 12.2. The molecule has 0 aromatic carbocycles. The van der Waals surface area contributed by atoms with Gasteiger partial charge in [-0.2, -0.15) is 0 Å². The van der Waals surface area contributed by atoms with Crippen molar-refractivity contribution in [3.05, 3.63) is 0 Å². The molecule has 3 saturated heterocycles.